The van der Waals surface area contributed by atoms with Crippen molar-refractivity contribution in [2.45, 2.75) is 12.6 Å². The average Bonchev–Trinajstić information content (AvgIpc) is 2.27. The molecular formula is C11H6F3NO4. The number of benzene rings is 1. The van der Waals surface area contributed by atoms with Gasteiger partial charge >= 0.3 is 12.1 Å². The summed E-state index contributed by atoms with van der Waals surface area (Å²) in [5.41, 5.74) is -2.24. The van der Waals surface area contributed by atoms with Crippen LogP contribution in [0.15, 0.2) is 18.2 Å². The molecule has 0 radical (unpaired) electrons. The van der Waals surface area contributed by atoms with Gasteiger partial charge in [-0.15, -0.1) is 0 Å². The highest BCUT2D eigenvalue weighted by Gasteiger charge is 2.32. The molecule has 0 unspecified atom stereocenters. The molecule has 0 aliphatic carbocycles. The fourth-order valence-electron chi connectivity index (χ4n) is 1.18. The third-order valence-corrected chi connectivity index (χ3v) is 1.98. The van der Waals surface area contributed by atoms with E-state index in [-0.39, 0.29) is 5.56 Å². The molecule has 0 aliphatic heterocycles. The number of rotatable bonds is 2. The molecule has 0 saturated carbocycles. The van der Waals surface area contributed by atoms with Crippen LogP contribution < -0.4 is 0 Å². The Bertz CT molecular complexity index is 584. The van der Waals surface area contributed by atoms with Crippen molar-refractivity contribution in [3.05, 3.63) is 39.4 Å². The Morgan fingerprint density at radius 1 is 1.42 bits per heavy atom. The second-order valence-electron chi connectivity index (χ2n) is 3.36. The summed E-state index contributed by atoms with van der Waals surface area (Å²) >= 11 is 0. The van der Waals surface area contributed by atoms with Crippen LogP contribution in [0.5, 0.6) is 0 Å². The Kier molecular flexibility index (Phi) is 4.11. The lowest BCUT2D eigenvalue weighted by molar-refractivity contribution is -0.385. The summed E-state index contributed by atoms with van der Waals surface area (Å²) in [6, 6.07) is 1.86. The van der Waals surface area contributed by atoms with Gasteiger partial charge in [-0.3, -0.25) is 14.9 Å². The first kappa shape index (κ1) is 14.5. The molecule has 0 fully saturated rings. The van der Waals surface area contributed by atoms with Crippen LogP contribution in [0.25, 0.3) is 0 Å². The minimum absolute atomic E-state index is 0.265. The number of nitro benzene ring substituents is 1. The van der Waals surface area contributed by atoms with E-state index < -0.39 is 34.7 Å². The van der Waals surface area contributed by atoms with Gasteiger partial charge in [0.1, 0.15) is 12.0 Å². The summed E-state index contributed by atoms with van der Waals surface area (Å²) in [7, 11) is 0. The molecule has 1 rings (SSSR count). The van der Waals surface area contributed by atoms with Gasteiger partial charge < -0.3 is 5.11 Å². The highest BCUT2D eigenvalue weighted by molar-refractivity contribution is 5.70. The Morgan fingerprint density at radius 2 is 2.05 bits per heavy atom. The fourth-order valence-corrected chi connectivity index (χ4v) is 1.18. The van der Waals surface area contributed by atoms with E-state index in [1.165, 1.54) is 0 Å². The third-order valence-electron chi connectivity index (χ3n) is 1.98. The molecule has 5 nitrogen and oxygen atoms in total. The normalized spacial score (nSPS) is 10.5. The zero-order chi connectivity index (χ0) is 14.6. The molecule has 100 valence electrons. The molecule has 1 N–H and O–H groups in total. The van der Waals surface area contributed by atoms with Crippen LogP contribution in [-0.4, -0.2) is 16.0 Å². The van der Waals surface area contributed by atoms with Crippen molar-refractivity contribution in [2.24, 2.45) is 0 Å². The Morgan fingerprint density at radius 3 is 2.53 bits per heavy atom. The van der Waals surface area contributed by atoms with Crippen molar-refractivity contribution in [3.8, 4) is 11.8 Å². The SMILES string of the molecule is O=C(O)CC#Cc1ccc(C(F)(F)F)cc1[N+](=O)[O-]. The largest absolute Gasteiger partial charge is 0.481 e. The van der Waals surface area contributed by atoms with Crippen molar-refractivity contribution in [3.63, 3.8) is 0 Å². The quantitative estimate of drug-likeness (QED) is 0.509. The standard InChI is InChI=1S/C11H6F3NO4/c12-11(13,14)8-5-4-7(2-1-3-10(16)17)9(6-8)15(18)19/h4-6H,3H2,(H,16,17). The van der Waals surface area contributed by atoms with Gasteiger partial charge in [-0.05, 0) is 12.1 Å². The van der Waals surface area contributed by atoms with Crippen molar-refractivity contribution < 1.29 is 28.0 Å². The summed E-state index contributed by atoms with van der Waals surface area (Å²) in [5, 5.41) is 19.0. The number of hydrogen-bond donors (Lipinski definition) is 1. The Hall–Kier alpha value is -2.56. The first-order valence-corrected chi connectivity index (χ1v) is 4.78. The molecule has 0 aromatic heterocycles. The first-order chi connectivity index (χ1) is 8.71. The first-order valence-electron chi connectivity index (χ1n) is 4.78. The molecule has 0 aliphatic rings. The van der Waals surface area contributed by atoms with Gasteiger partial charge in [0.2, 0.25) is 0 Å². The number of carboxylic acids is 1. The number of nitrogens with zero attached hydrogens (tertiary/aromatic N) is 1. The van der Waals surface area contributed by atoms with E-state index in [4.69, 9.17) is 5.11 Å². The second-order valence-corrected chi connectivity index (χ2v) is 3.36. The van der Waals surface area contributed by atoms with Crippen molar-refractivity contribution in [2.75, 3.05) is 0 Å². The smallest absolute Gasteiger partial charge is 0.416 e. The van der Waals surface area contributed by atoms with E-state index in [9.17, 15) is 28.1 Å². The van der Waals surface area contributed by atoms with Crippen LogP contribution in [0.2, 0.25) is 0 Å². The van der Waals surface area contributed by atoms with Gasteiger partial charge in [0.25, 0.3) is 5.69 Å². The number of nitro groups is 1. The van der Waals surface area contributed by atoms with Gasteiger partial charge in [0, 0.05) is 6.07 Å². The lowest BCUT2D eigenvalue weighted by Crippen LogP contribution is -2.06. The topological polar surface area (TPSA) is 80.4 Å². The monoisotopic (exact) mass is 273 g/mol. The number of carbonyl (C=O) groups is 1. The highest BCUT2D eigenvalue weighted by Crippen LogP contribution is 2.32. The summed E-state index contributed by atoms with van der Waals surface area (Å²) in [4.78, 5) is 19.9. The van der Waals surface area contributed by atoms with Gasteiger partial charge in [-0.2, -0.15) is 13.2 Å². The second kappa shape index (κ2) is 5.39. The van der Waals surface area contributed by atoms with Gasteiger partial charge in [0.15, 0.2) is 0 Å². The molecule has 1 aromatic carbocycles. The maximum Gasteiger partial charge on any atom is 0.416 e. The van der Waals surface area contributed by atoms with Gasteiger partial charge in [-0.25, -0.2) is 0 Å². The summed E-state index contributed by atoms with van der Waals surface area (Å²) < 4.78 is 37.2. The molecule has 19 heavy (non-hydrogen) atoms. The Balaban J connectivity index is 3.22. The van der Waals surface area contributed by atoms with E-state index in [2.05, 4.69) is 11.8 Å². The molecule has 0 saturated heterocycles. The summed E-state index contributed by atoms with van der Waals surface area (Å²) in [5.74, 6) is 3.05. The maximum atomic E-state index is 12.4. The number of halogens is 3. The van der Waals surface area contributed by atoms with E-state index in [0.717, 1.165) is 6.07 Å². The molecule has 0 heterocycles. The van der Waals surface area contributed by atoms with Crippen LogP contribution in [0.4, 0.5) is 18.9 Å². The minimum atomic E-state index is -4.70. The maximum absolute atomic E-state index is 12.4. The van der Waals surface area contributed by atoms with Crippen LogP contribution in [0.1, 0.15) is 17.5 Å². The predicted molar refractivity (Wildman–Crippen MR) is 57.2 cm³/mol. The van der Waals surface area contributed by atoms with E-state index in [0.29, 0.717) is 12.1 Å². The fraction of sp³-hybridized carbons (Fsp3) is 0.182. The number of carboxylic acid groups (broad SMARTS) is 1. The molecule has 0 amide bonds. The zero-order valence-corrected chi connectivity index (χ0v) is 9.19. The minimum Gasteiger partial charge on any atom is -0.481 e. The number of alkyl halides is 3. The van der Waals surface area contributed by atoms with Crippen molar-refractivity contribution in [1.29, 1.82) is 0 Å². The highest BCUT2D eigenvalue weighted by atomic mass is 19.4. The van der Waals surface area contributed by atoms with Crippen molar-refractivity contribution in [1.82, 2.24) is 0 Å². The summed E-state index contributed by atoms with van der Waals surface area (Å²) in [6.07, 6.45) is -5.25. The van der Waals surface area contributed by atoms with Crippen molar-refractivity contribution >= 4 is 11.7 Å². The molecule has 1 aromatic rings. The molecule has 8 heteroatoms. The van der Waals surface area contributed by atoms with Crippen LogP contribution in [0.3, 0.4) is 0 Å². The number of hydrogen-bond acceptors (Lipinski definition) is 3. The lowest BCUT2D eigenvalue weighted by atomic mass is 10.1. The third kappa shape index (κ3) is 3.99. The average molecular weight is 273 g/mol. The molecule has 0 bridgehead atoms. The van der Waals surface area contributed by atoms with Crippen LogP contribution in [0, 0.1) is 22.0 Å². The van der Waals surface area contributed by atoms with Gasteiger partial charge in [-0.1, -0.05) is 11.8 Å². The lowest BCUT2D eigenvalue weighted by Gasteiger charge is -2.06. The van der Waals surface area contributed by atoms with Gasteiger partial charge in [0.05, 0.1) is 10.5 Å². The molecule has 0 atom stereocenters. The van der Waals surface area contributed by atoms with E-state index >= 15 is 0 Å². The number of aliphatic carboxylic acids is 1. The Labute approximate surface area is 104 Å². The van der Waals surface area contributed by atoms with E-state index in [1.807, 2.05) is 0 Å². The van der Waals surface area contributed by atoms with Crippen LogP contribution in [-0.2, 0) is 11.0 Å². The summed E-state index contributed by atoms with van der Waals surface area (Å²) in [6.45, 7) is 0. The van der Waals surface area contributed by atoms with Crippen LogP contribution >= 0.6 is 0 Å². The molecule has 0 spiro atoms. The van der Waals surface area contributed by atoms with E-state index in [1.54, 1.807) is 0 Å². The molecular weight excluding hydrogens is 267 g/mol. The zero-order valence-electron chi connectivity index (χ0n) is 9.19. The predicted octanol–water partition coefficient (Wildman–Crippen LogP) is 2.44.